The van der Waals surface area contributed by atoms with Crippen molar-refractivity contribution in [3.05, 3.63) is 41.7 Å². The summed E-state index contributed by atoms with van der Waals surface area (Å²) in [6.07, 6.45) is -1.52. The highest BCUT2D eigenvalue weighted by Crippen LogP contribution is 2.34. The number of benzene rings is 1. The van der Waals surface area contributed by atoms with E-state index in [0.717, 1.165) is 19.3 Å². The lowest BCUT2D eigenvalue weighted by atomic mass is 9.85. The molecule has 2 N–H and O–H groups in total. The zero-order chi connectivity index (χ0) is 18.2. The lowest BCUT2D eigenvalue weighted by Gasteiger charge is -2.24. The van der Waals surface area contributed by atoms with E-state index in [1.165, 1.54) is 24.3 Å². The fourth-order valence-corrected chi connectivity index (χ4v) is 2.57. The molecule has 0 atom stereocenters. The maximum absolute atomic E-state index is 13.2. The molecule has 1 aromatic heterocycles. The maximum Gasteiger partial charge on any atom is 0.434 e. The van der Waals surface area contributed by atoms with Gasteiger partial charge in [0.25, 0.3) is 0 Å². The molecule has 1 fully saturated rings. The van der Waals surface area contributed by atoms with Crippen molar-refractivity contribution in [2.75, 3.05) is 5.32 Å². The van der Waals surface area contributed by atoms with Crippen molar-refractivity contribution >= 4 is 17.6 Å². The number of carboxylic acid groups (broad SMARTS) is 1. The van der Waals surface area contributed by atoms with Crippen LogP contribution in [-0.4, -0.2) is 26.8 Å². The Morgan fingerprint density at radius 1 is 1.20 bits per heavy atom. The third-order valence-electron chi connectivity index (χ3n) is 4.12. The Morgan fingerprint density at radius 2 is 1.84 bits per heavy atom. The monoisotopic (exact) mass is 353 g/mol. The van der Waals surface area contributed by atoms with Crippen LogP contribution in [0.15, 0.2) is 30.5 Å². The van der Waals surface area contributed by atoms with Gasteiger partial charge in [0, 0.05) is 11.6 Å². The van der Waals surface area contributed by atoms with Crippen molar-refractivity contribution in [1.29, 1.82) is 0 Å². The van der Waals surface area contributed by atoms with Gasteiger partial charge in [-0.3, -0.25) is 4.79 Å². The van der Waals surface area contributed by atoms with E-state index in [-0.39, 0.29) is 17.5 Å². The first-order valence-corrected chi connectivity index (χ1v) is 7.57. The van der Waals surface area contributed by atoms with Crippen molar-refractivity contribution in [1.82, 2.24) is 9.78 Å². The van der Waals surface area contributed by atoms with Crippen molar-refractivity contribution in [3.63, 3.8) is 0 Å². The summed E-state index contributed by atoms with van der Waals surface area (Å²) in [6.45, 7) is 0. The van der Waals surface area contributed by atoms with Crippen molar-refractivity contribution in [3.8, 4) is 5.69 Å². The molecule has 1 heterocycles. The number of aromatic carboxylic acids is 1. The van der Waals surface area contributed by atoms with E-state index in [9.17, 15) is 22.8 Å². The van der Waals surface area contributed by atoms with Crippen molar-refractivity contribution < 1.29 is 27.9 Å². The van der Waals surface area contributed by atoms with Gasteiger partial charge in [-0.15, -0.1) is 0 Å². The Morgan fingerprint density at radius 3 is 2.32 bits per heavy atom. The molecule has 3 rings (SSSR count). The summed E-state index contributed by atoms with van der Waals surface area (Å²) in [5.41, 5.74) is -1.78. The highest BCUT2D eigenvalue weighted by molar-refractivity contribution is 5.93. The number of hydrogen-bond acceptors (Lipinski definition) is 3. The van der Waals surface area contributed by atoms with E-state index < -0.39 is 23.4 Å². The van der Waals surface area contributed by atoms with Gasteiger partial charge in [-0.05, 0) is 37.1 Å². The average molecular weight is 353 g/mol. The summed E-state index contributed by atoms with van der Waals surface area (Å²) < 4.78 is 40.1. The van der Waals surface area contributed by atoms with Crippen LogP contribution >= 0.6 is 0 Å². The van der Waals surface area contributed by atoms with E-state index in [0.29, 0.717) is 16.6 Å². The lowest BCUT2D eigenvalue weighted by Crippen LogP contribution is -2.28. The number of carboxylic acids is 1. The number of rotatable bonds is 4. The smallest absolute Gasteiger partial charge is 0.434 e. The minimum atomic E-state index is -4.87. The molecule has 0 aliphatic heterocycles. The van der Waals surface area contributed by atoms with Gasteiger partial charge in [-0.2, -0.15) is 18.3 Å². The number of halogens is 3. The molecule has 6 nitrogen and oxygen atoms in total. The Labute approximate surface area is 140 Å². The molecule has 132 valence electrons. The molecule has 0 bridgehead atoms. The van der Waals surface area contributed by atoms with Crippen LogP contribution in [0.1, 0.15) is 35.3 Å². The molecule has 25 heavy (non-hydrogen) atoms. The minimum absolute atomic E-state index is 0.0132. The topological polar surface area (TPSA) is 84.2 Å². The van der Waals surface area contributed by atoms with Gasteiger partial charge in [0.1, 0.15) is 5.56 Å². The van der Waals surface area contributed by atoms with Gasteiger partial charge in [0.05, 0.1) is 11.9 Å². The van der Waals surface area contributed by atoms with E-state index in [2.05, 4.69) is 10.4 Å². The number of nitrogens with one attached hydrogen (secondary N) is 1. The summed E-state index contributed by atoms with van der Waals surface area (Å²) in [7, 11) is 0. The molecule has 1 aliphatic rings. The van der Waals surface area contributed by atoms with Crippen LogP contribution in [0.5, 0.6) is 0 Å². The van der Waals surface area contributed by atoms with Gasteiger partial charge in [0.15, 0.2) is 5.69 Å². The van der Waals surface area contributed by atoms with Gasteiger partial charge in [-0.1, -0.05) is 6.42 Å². The summed E-state index contributed by atoms with van der Waals surface area (Å²) in [4.78, 5) is 22.9. The second-order valence-electron chi connectivity index (χ2n) is 5.79. The molecule has 0 spiro atoms. The zero-order valence-electron chi connectivity index (χ0n) is 12.9. The Bertz CT molecular complexity index is 808. The molecular weight excluding hydrogens is 339 g/mol. The van der Waals surface area contributed by atoms with E-state index >= 15 is 0 Å². The van der Waals surface area contributed by atoms with Crippen LogP contribution in [-0.2, 0) is 11.0 Å². The van der Waals surface area contributed by atoms with Crippen LogP contribution < -0.4 is 5.32 Å². The molecule has 0 radical (unpaired) electrons. The first-order chi connectivity index (χ1) is 11.8. The number of alkyl halides is 3. The van der Waals surface area contributed by atoms with E-state index in [1.54, 1.807) is 0 Å². The first-order valence-electron chi connectivity index (χ1n) is 7.57. The third-order valence-corrected chi connectivity index (χ3v) is 4.12. The zero-order valence-corrected chi connectivity index (χ0v) is 12.9. The molecule has 1 amide bonds. The molecule has 2 aromatic rings. The second kappa shape index (κ2) is 6.23. The molecule has 1 aromatic carbocycles. The lowest BCUT2D eigenvalue weighted by molar-refractivity contribution is -0.143. The van der Waals surface area contributed by atoms with Crippen LogP contribution in [0.4, 0.5) is 18.9 Å². The number of anilines is 1. The van der Waals surface area contributed by atoms with Gasteiger partial charge < -0.3 is 10.4 Å². The largest absolute Gasteiger partial charge is 0.478 e. The summed E-state index contributed by atoms with van der Waals surface area (Å²) in [6, 6.07) is 5.58. The van der Waals surface area contributed by atoms with E-state index in [1.807, 2.05) is 0 Å². The third kappa shape index (κ3) is 3.35. The predicted molar refractivity (Wildman–Crippen MR) is 81.5 cm³/mol. The molecule has 0 unspecified atom stereocenters. The first kappa shape index (κ1) is 17.0. The van der Waals surface area contributed by atoms with Gasteiger partial charge in [0.2, 0.25) is 5.91 Å². The fraction of sp³-hybridized carbons (Fsp3) is 0.312. The highest BCUT2D eigenvalue weighted by atomic mass is 19.4. The Hall–Kier alpha value is -2.84. The maximum atomic E-state index is 13.2. The average Bonchev–Trinajstić information content (AvgIpc) is 2.91. The number of carbonyl (C=O) groups excluding carboxylic acids is 1. The Kier molecular flexibility index (Phi) is 4.23. The Balaban J connectivity index is 1.87. The number of nitrogens with zero attached hydrogens (tertiary/aromatic N) is 2. The summed E-state index contributed by atoms with van der Waals surface area (Å²) >= 11 is 0. The predicted octanol–water partition coefficient (Wildman–Crippen LogP) is 3.33. The summed E-state index contributed by atoms with van der Waals surface area (Å²) in [5, 5.41) is 15.2. The SMILES string of the molecule is O=C(O)c1cnn(-c2ccc(NC(=O)C3CCC3)cc2)c1C(F)(F)F. The molecule has 0 saturated heterocycles. The summed E-state index contributed by atoms with van der Waals surface area (Å²) in [5.74, 6) is -1.83. The quantitative estimate of drug-likeness (QED) is 0.883. The molecular formula is C16H14F3N3O3. The van der Waals surface area contributed by atoms with Crippen molar-refractivity contribution in [2.45, 2.75) is 25.4 Å². The van der Waals surface area contributed by atoms with Crippen LogP contribution in [0.2, 0.25) is 0 Å². The van der Waals surface area contributed by atoms with E-state index in [4.69, 9.17) is 5.11 Å². The normalized spacial score (nSPS) is 14.8. The second-order valence-corrected chi connectivity index (χ2v) is 5.79. The van der Waals surface area contributed by atoms with Crippen LogP contribution in [0.25, 0.3) is 5.69 Å². The van der Waals surface area contributed by atoms with Gasteiger partial charge in [-0.25, -0.2) is 9.48 Å². The van der Waals surface area contributed by atoms with Crippen molar-refractivity contribution in [2.24, 2.45) is 5.92 Å². The van der Waals surface area contributed by atoms with Crippen LogP contribution in [0, 0.1) is 5.92 Å². The molecule has 1 aliphatic carbocycles. The highest BCUT2D eigenvalue weighted by Gasteiger charge is 2.40. The van der Waals surface area contributed by atoms with Gasteiger partial charge >= 0.3 is 12.1 Å². The number of carbonyl (C=O) groups is 2. The number of amides is 1. The number of hydrogen-bond donors (Lipinski definition) is 2. The number of aromatic nitrogens is 2. The molecule has 9 heteroatoms. The molecule has 1 saturated carbocycles. The minimum Gasteiger partial charge on any atom is -0.478 e. The van der Waals surface area contributed by atoms with Crippen LogP contribution in [0.3, 0.4) is 0 Å². The fourth-order valence-electron chi connectivity index (χ4n) is 2.57. The standard InChI is InChI=1S/C16H14F3N3O3/c17-16(18,19)13-12(15(24)25)8-20-22(13)11-6-4-10(5-7-11)21-14(23)9-2-1-3-9/h4-9H,1-3H2,(H,21,23)(H,24,25).